The fourth-order valence-electron chi connectivity index (χ4n) is 1.95. The number of benzene rings is 1. The second-order valence-corrected chi connectivity index (χ2v) is 5.60. The van der Waals surface area contributed by atoms with Gasteiger partial charge in [0.1, 0.15) is 17.7 Å². The average molecular weight is 382 g/mol. The fourth-order valence-corrected chi connectivity index (χ4v) is 2.60. The van der Waals surface area contributed by atoms with Gasteiger partial charge in [0.15, 0.2) is 0 Å². The van der Waals surface area contributed by atoms with Gasteiger partial charge >= 0.3 is 0 Å². The Morgan fingerprint density at radius 1 is 1.43 bits per heavy atom. The van der Waals surface area contributed by atoms with Crippen LogP contribution < -0.4 is 0 Å². The Balaban J connectivity index is 2.45. The van der Waals surface area contributed by atoms with Crippen molar-refractivity contribution >= 4 is 27.5 Å². The Labute approximate surface area is 133 Å². The first-order valence-electron chi connectivity index (χ1n) is 5.98. The van der Waals surface area contributed by atoms with Crippen LogP contribution in [0.1, 0.15) is 17.4 Å². The zero-order valence-corrected chi connectivity index (χ0v) is 13.3. The van der Waals surface area contributed by atoms with Gasteiger partial charge in [-0.15, -0.1) is 0 Å². The first-order chi connectivity index (χ1) is 9.95. The minimum Gasteiger partial charge on any atom is -0.383 e. The number of rotatable bonds is 5. The predicted octanol–water partition coefficient (Wildman–Crippen LogP) is 3.31. The molecule has 114 valence electrons. The van der Waals surface area contributed by atoms with Crippen LogP contribution in [0.4, 0.5) is 8.78 Å². The molecule has 0 bridgehead atoms. The summed E-state index contributed by atoms with van der Waals surface area (Å²) in [6, 6.07) is 2.15. The predicted molar refractivity (Wildman–Crippen MR) is 77.2 cm³/mol. The molecule has 8 heteroatoms. The van der Waals surface area contributed by atoms with Gasteiger partial charge in [-0.1, -0.05) is 27.5 Å². The highest BCUT2D eigenvalue weighted by molar-refractivity contribution is 9.10. The molecule has 21 heavy (non-hydrogen) atoms. The Bertz CT molecular complexity index is 628. The zero-order valence-electron chi connectivity index (χ0n) is 11.0. The molecule has 1 heterocycles. The Kier molecular flexibility index (Phi) is 5.32. The first kappa shape index (κ1) is 16.4. The standard InChI is InChI=1S/C13H12BrClF2N2O2/c1-21-3-2-19-12(8(15)6-18-19)13(20)11-9(16)4-7(14)5-10(11)17/h4-6,13,20H,2-3H2,1H3. The van der Waals surface area contributed by atoms with Gasteiger partial charge in [-0.25, -0.2) is 8.78 Å². The minimum atomic E-state index is -1.56. The molecular formula is C13H12BrClF2N2O2. The van der Waals surface area contributed by atoms with E-state index in [2.05, 4.69) is 21.0 Å². The molecule has 0 aliphatic heterocycles. The molecule has 0 aliphatic rings. The Morgan fingerprint density at radius 3 is 2.62 bits per heavy atom. The molecule has 2 aromatic rings. The van der Waals surface area contributed by atoms with Crippen LogP contribution in [0.2, 0.25) is 5.02 Å². The van der Waals surface area contributed by atoms with E-state index < -0.39 is 23.3 Å². The van der Waals surface area contributed by atoms with Gasteiger partial charge in [0.2, 0.25) is 0 Å². The number of methoxy groups -OCH3 is 1. The number of ether oxygens (including phenoxy) is 1. The van der Waals surface area contributed by atoms with Crippen molar-refractivity contribution in [3.8, 4) is 0 Å². The monoisotopic (exact) mass is 380 g/mol. The molecule has 1 N–H and O–H groups in total. The molecule has 0 spiro atoms. The number of halogens is 4. The summed E-state index contributed by atoms with van der Waals surface area (Å²) in [6.45, 7) is 0.623. The van der Waals surface area contributed by atoms with Crippen LogP contribution in [-0.2, 0) is 11.3 Å². The maximum absolute atomic E-state index is 13.9. The molecule has 1 atom stereocenters. The molecule has 1 aromatic carbocycles. The van der Waals surface area contributed by atoms with Crippen LogP contribution in [0.5, 0.6) is 0 Å². The minimum absolute atomic E-state index is 0.119. The van der Waals surface area contributed by atoms with E-state index in [0.717, 1.165) is 12.1 Å². The van der Waals surface area contributed by atoms with Crippen molar-refractivity contribution in [2.75, 3.05) is 13.7 Å². The number of hydrogen-bond acceptors (Lipinski definition) is 3. The number of aliphatic hydroxyl groups is 1. The summed E-state index contributed by atoms with van der Waals surface area (Å²) in [7, 11) is 1.51. The lowest BCUT2D eigenvalue weighted by molar-refractivity contribution is 0.168. The van der Waals surface area contributed by atoms with E-state index in [1.165, 1.54) is 18.0 Å². The normalized spacial score (nSPS) is 12.7. The van der Waals surface area contributed by atoms with E-state index in [0.29, 0.717) is 13.2 Å². The zero-order chi connectivity index (χ0) is 15.6. The maximum Gasteiger partial charge on any atom is 0.133 e. The highest BCUT2D eigenvalue weighted by Crippen LogP contribution is 2.32. The van der Waals surface area contributed by atoms with E-state index >= 15 is 0 Å². The molecule has 0 aliphatic carbocycles. The van der Waals surface area contributed by atoms with Crippen LogP contribution >= 0.6 is 27.5 Å². The van der Waals surface area contributed by atoms with Crippen molar-refractivity contribution in [1.82, 2.24) is 9.78 Å². The molecule has 0 amide bonds. The lowest BCUT2D eigenvalue weighted by atomic mass is 10.1. The summed E-state index contributed by atoms with van der Waals surface area (Å²) in [5, 5.41) is 14.4. The second-order valence-electron chi connectivity index (χ2n) is 4.28. The van der Waals surface area contributed by atoms with Gasteiger partial charge in [-0.05, 0) is 12.1 Å². The largest absolute Gasteiger partial charge is 0.383 e. The summed E-state index contributed by atoms with van der Waals surface area (Å²) in [4.78, 5) is 0. The highest BCUT2D eigenvalue weighted by atomic mass is 79.9. The Hall–Kier alpha value is -1.02. The number of nitrogens with zero attached hydrogens (tertiary/aromatic N) is 2. The first-order valence-corrected chi connectivity index (χ1v) is 7.15. The van der Waals surface area contributed by atoms with E-state index in [1.807, 2.05) is 0 Å². The van der Waals surface area contributed by atoms with Gasteiger partial charge in [0.25, 0.3) is 0 Å². The van der Waals surface area contributed by atoms with Crippen LogP contribution in [-0.4, -0.2) is 28.6 Å². The lowest BCUT2D eigenvalue weighted by Gasteiger charge is -2.16. The van der Waals surface area contributed by atoms with Gasteiger partial charge in [0.05, 0.1) is 35.6 Å². The Morgan fingerprint density at radius 2 is 2.05 bits per heavy atom. The summed E-state index contributed by atoms with van der Waals surface area (Å²) < 4.78 is 34.4. The summed E-state index contributed by atoms with van der Waals surface area (Å²) in [6.07, 6.45) is -0.255. The molecule has 0 radical (unpaired) electrons. The molecular weight excluding hydrogens is 370 g/mol. The molecule has 4 nitrogen and oxygen atoms in total. The van der Waals surface area contributed by atoms with Crippen molar-refractivity contribution in [3.05, 3.63) is 50.7 Å². The van der Waals surface area contributed by atoms with Crippen molar-refractivity contribution in [2.24, 2.45) is 0 Å². The maximum atomic E-state index is 13.9. The molecule has 1 unspecified atom stereocenters. The topological polar surface area (TPSA) is 47.3 Å². The summed E-state index contributed by atoms with van der Waals surface area (Å²) >= 11 is 8.95. The third-order valence-corrected chi connectivity index (χ3v) is 3.67. The van der Waals surface area contributed by atoms with Crippen LogP contribution in [0, 0.1) is 11.6 Å². The molecule has 1 aromatic heterocycles. The fraction of sp³-hybridized carbons (Fsp3) is 0.308. The second kappa shape index (κ2) is 6.83. The van der Waals surface area contributed by atoms with E-state index in [4.69, 9.17) is 16.3 Å². The van der Waals surface area contributed by atoms with Crippen molar-refractivity contribution < 1.29 is 18.6 Å². The number of aliphatic hydroxyl groups excluding tert-OH is 1. The summed E-state index contributed by atoms with van der Waals surface area (Å²) in [5.41, 5.74) is -0.354. The van der Waals surface area contributed by atoms with E-state index in [-0.39, 0.29) is 15.2 Å². The molecule has 0 fully saturated rings. The van der Waals surface area contributed by atoms with Crippen molar-refractivity contribution in [3.63, 3.8) is 0 Å². The summed E-state index contributed by atoms with van der Waals surface area (Å²) in [5.74, 6) is -1.74. The third kappa shape index (κ3) is 3.42. The SMILES string of the molecule is COCCn1ncc(Cl)c1C(O)c1c(F)cc(Br)cc1F. The van der Waals surface area contributed by atoms with Crippen LogP contribution in [0.15, 0.2) is 22.8 Å². The quantitative estimate of drug-likeness (QED) is 0.864. The van der Waals surface area contributed by atoms with Gasteiger partial charge < -0.3 is 9.84 Å². The van der Waals surface area contributed by atoms with Crippen molar-refractivity contribution in [2.45, 2.75) is 12.6 Å². The van der Waals surface area contributed by atoms with Crippen LogP contribution in [0.25, 0.3) is 0 Å². The third-order valence-electron chi connectivity index (χ3n) is 2.92. The highest BCUT2D eigenvalue weighted by Gasteiger charge is 2.26. The molecule has 0 saturated carbocycles. The molecule has 0 saturated heterocycles. The van der Waals surface area contributed by atoms with E-state index in [1.54, 1.807) is 0 Å². The van der Waals surface area contributed by atoms with Crippen molar-refractivity contribution in [1.29, 1.82) is 0 Å². The van der Waals surface area contributed by atoms with Crippen LogP contribution in [0.3, 0.4) is 0 Å². The van der Waals surface area contributed by atoms with Gasteiger partial charge in [0, 0.05) is 11.6 Å². The lowest BCUT2D eigenvalue weighted by Crippen LogP contribution is -2.15. The average Bonchev–Trinajstić information content (AvgIpc) is 2.76. The molecule has 2 rings (SSSR count). The van der Waals surface area contributed by atoms with Gasteiger partial charge in [-0.3, -0.25) is 4.68 Å². The smallest absolute Gasteiger partial charge is 0.133 e. The van der Waals surface area contributed by atoms with Gasteiger partial charge in [-0.2, -0.15) is 5.10 Å². The number of hydrogen-bond donors (Lipinski definition) is 1. The van der Waals surface area contributed by atoms with E-state index in [9.17, 15) is 13.9 Å². The number of aromatic nitrogens is 2.